The third-order valence-corrected chi connectivity index (χ3v) is 4.77. The molecule has 7 nitrogen and oxygen atoms in total. The molecule has 0 bridgehead atoms. The van der Waals surface area contributed by atoms with Crippen molar-refractivity contribution in [3.8, 4) is 0 Å². The summed E-state index contributed by atoms with van der Waals surface area (Å²) >= 11 is 0. The standard InChI is InChI=1S/C18H19FN4O3/c19-10-1-4-14-12(7-10)13(8-16(24)22-14)18(26)23-6-5-20-9-15(23)17(25)21-11-2-3-11/h1,4,7-8,11,15,20H,2-3,5-6,9H2,(H,21,25)(H,22,24)/t15-/m0/s1. The maximum absolute atomic E-state index is 13.7. The molecule has 0 radical (unpaired) electrons. The number of H-pyrrole nitrogens is 1. The van der Waals surface area contributed by atoms with Crippen LogP contribution in [0.15, 0.2) is 29.1 Å². The average Bonchev–Trinajstić information content (AvgIpc) is 3.45. The number of aromatic amines is 1. The highest BCUT2D eigenvalue weighted by Gasteiger charge is 2.35. The van der Waals surface area contributed by atoms with Gasteiger partial charge in [-0.1, -0.05) is 0 Å². The van der Waals surface area contributed by atoms with E-state index in [9.17, 15) is 18.8 Å². The van der Waals surface area contributed by atoms with E-state index in [0.29, 0.717) is 30.5 Å². The van der Waals surface area contributed by atoms with Crippen LogP contribution < -0.4 is 16.2 Å². The first-order valence-corrected chi connectivity index (χ1v) is 8.67. The van der Waals surface area contributed by atoms with E-state index in [4.69, 9.17) is 0 Å². The molecule has 2 aliphatic rings. The molecule has 136 valence electrons. The summed E-state index contributed by atoms with van der Waals surface area (Å²) in [6.07, 6.45) is 1.91. The first-order chi connectivity index (χ1) is 12.5. The largest absolute Gasteiger partial charge is 0.352 e. The van der Waals surface area contributed by atoms with Crippen molar-refractivity contribution in [1.29, 1.82) is 0 Å². The van der Waals surface area contributed by atoms with Crippen molar-refractivity contribution in [2.24, 2.45) is 0 Å². The SMILES string of the molecule is O=C(NC1CC1)[C@@H]1CNCCN1C(=O)c1cc(=O)[nH]c2ccc(F)cc12. The highest BCUT2D eigenvalue weighted by Crippen LogP contribution is 2.22. The van der Waals surface area contributed by atoms with E-state index in [-0.39, 0.29) is 17.5 Å². The van der Waals surface area contributed by atoms with Gasteiger partial charge in [0.1, 0.15) is 11.9 Å². The molecule has 26 heavy (non-hydrogen) atoms. The third kappa shape index (κ3) is 3.20. The Hall–Kier alpha value is -2.74. The lowest BCUT2D eigenvalue weighted by Gasteiger charge is -2.35. The molecule has 2 heterocycles. The summed E-state index contributed by atoms with van der Waals surface area (Å²) < 4.78 is 13.7. The molecule has 2 amide bonds. The molecule has 2 aromatic rings. The van der Waals surface area contributed by atoms with Crippen molar-refractivity contribution in [3.05, 3.63) is 46.0 Å². The van der Waals surface area contributed by atoms with E-state index in [1.54, 1.807) is 0 Å². The highest BCUT2D eigenvalue weighted by atomic mass is 19.1. The number of hydrogen-bond acceptors (Lipinski definition) is 4. The Morgan fingerprint density at radius 1 is 1.23 bits per heavy atom. The van der Waals surface area contributed by atoms with E-state index in [1.807, 2.05) is 0 Å². The van der Waals surface area contributed by atoms with Gasteiger partial charge in [0.2, 0.25) is 11.5 Å². The molecule has 1 aliphatic carbocycles. The summed E-state index contributed by atoms with van der Waals surface area (Å²) in [5.41, 5.74) is 0.0484. The molecule has 1 atom stereocenters. The molecule has 4 rings (SSSR count). The molecule has 0 spiro atoms. The minimum absolute atomic E-state index is 0.106. The second-order valence-corrected chi connectivity index (χ2v) is 6.74. The Balaban J connectivity index is 1.71. The normalized spacial score (nSPS) is 20.2. The average molecular weight is 358 g/mol. The first kappa shape index (κ1) is 16.7. The van der Waals surface area contributed by atoms with Crippen LogP contribution >= 0.6 is 0 Å². The van der Waals surface area contributed by atoms with E-state index in [2.05, 4.69) is 15.6 Å². The quantitative estimate of drug-likeness (QED) is 0.738. The molecule has 8 heteroatoms. The molecular weight excluding hydrogens is 339 g/mol. The number of aromatic nitrogens is 1. The lowest BCUT2D eigenvalue weighted by atomic mass is 10.1. The van der Waals surface area contributed by atoms with E-state index < -0.39 is 23.3 Å². The topological polar surface area (TPSA) is 94.3 Å². The minimum Gasteiger partial charge on any atom is -0.352 e. The van der Waals surface area contributed by atoms with Crippen LogP contribution in [0.4, 0.5) is 4.39 Å². The molecule has 3 N–H and O–H groups in total. The molecule has 1 aromatic carbocycles. The predicted molar refractivity (Wildman–Crippen MR) is 93.4 cm³/mol. The van der Waals surface area contributed by atoms with Crippen LogP contribution in [0.2, 0.25) is 0 Å². The zero-order valence-electron chi connectivity index (χ0n) is 14.0. The van der Waals surface area contributed by atoms with Crippen molar-refractivity contribution in [1.82, 2.24) is 20.5 Å². The van der Waals surface area contributed by atoms with Crippen LogP contribution in [0.5, 0.6) is 0 Å². The highest BCUT2D eigenvalue weighted by molar-refractivity contribution is 6.07. The Bertz CT molecular complexity index is 938. The zero-order valence-corrected chi connectivity index (χ0v) is 14.0. The number of nitrogens with one attached hydrogen (secondary N) is 3. The fraction of sp³-hybridized carbons (Fsp3) is 0.389. The minimum atomic E-state index is -0.653. The monoisotopic (exact) mass is 358 g/mol. The number of halogens is 1. The van der Waals surface area contributed by atoms with Gasteiger partial charge in [-0.2, -0.15) is 0 Å². The number of hydrogen-bond donors (Lipinski definition) is 3. The second-order valence-electron chi connectivity index (χ2n) is 6.74. The van der Waals surface area contributed by atoms with Gasteiger partial charge in [-0.3, -0.25) is 14.4 Å². The number of carbonyl (C=O) groups excluding carboxylic acids is 2. The number of carbonyl (C=O) groups is 2. The van der Waals surface area contributed by atoms with Crippen molar-refractivity contribution in [2.75, 3.05) is 19.6 Å². The lowest BCUT2D eigenvalue weighted by Crippen LogP contribution is -2.59. The third-order valence-electron chi connectivity index (χ3n) is 4.77. The van der Waals surface area contributed by atoms with Crippen molar-refractivity contribution >= 4 is 22.7 Å². The molecule has 1 saturated heterocycles. The van der Waals surface area contributed by atoms with Crippen LogP contribution in [0.25, 0.3) is 10.9 Å². The van der Waals surface area contributed by atoms with Crippen molar-refractivity contribution in [3.63, 3.8) is 0 Å². The van der Waals surface area contributed by atoms with E-state index in [0.717, 1.165) is 12.8 Å². The fourth-order valence-electron chi connectivity index (χ4n) is 3.26. The number of fused-ring (bicyclic) bond motifs is 1. The zero-order chi connectivity index (χ0) is 18.3. The smallest absolute Gasteiger partial charge is 0.255 e. The number of piperazine rings is 1. The number of benzene rings is 1. The van der Waals surface area contributed by atoms with Gasteiger partial charge in [0.05, 0.1) is 5.56 Å². The van der Waals surface area contributed by atoms with Crippen LogP contribution in [0.1, 0.15) is 23.2 Å². The molecular formula is C18H19FN4O3. The van der Waals surface area contributed by atoms with Gasteiger partial charge in [-0.05, 0) is 31.0 Å². The number of pyridine rings is 1. The van der Waals surface area contributed by atoms with E-state index in [1.165, 1.54) is 29.2 Å². The molecule has 1 aliphatic heterocycles. The molecule has 1 saturated carbocycles. The summed E-state index contributed by atoms with van der Waals surface area (Å²) in [4.78, 5) is 41.6. The second kappa shape index (κ2) is 6.53. The number of rotatable bonds is 3. The number of amides is 2. The van der Waals surface area contributed by atoms with Gasteiger partial charge in [-0.15, -0.1) is 0 Å². The maximum atomic E-state index is 13.7. The summed E-state index contributed by atoms with van der Waals surface area (Å²) in [5.74, 6) is -1.14. The Kier molecular flexibility index (Phi) is 4.20. The Labute approximate surface area is 148 Å². The predicted octanol–water partition coefficient (Wildman–Crippen LogP) is 0.360. The van der Waals surface area contributed by atoms with E-state index >= 15 is 0 Å². The van der Waals surface area contributed by atoms with Gasteiger partial charge >= 0.3 is 0 Å². The van der Waals surface area contributed by atoms with Gasteiger partial charge in [-0.25, -0.2) is 4.39 Å². The number of nitrogens with zero attached hydrogens (tertiary/aromatic N) is 1. The first-order valence-electron chi connectivity index (χ1n) is 8.67. The molecule has 0 unspecified atom stereocenters. The van der Waals surface area contributed by atoms with Crippen LogP contribution in [0, 0.1) is 5.82 Å². The fourth-order valence-corrected chi connectivity index (χ4v) is 3.26. The lowest BCUT2D eigenvalue weighted by molar-refractivity contribution is -0.126. The molecule has 1 aromatic heterocycles. The maximum Gasteiger partial charge on any atom is 0.255 e. The summed E-state index contributed by atoms with van der Waals surface area (Å²) in [5, 5.41) is 6.37. The molecule has 2 fully saturated rings. The van der Waals surface area contributed by atoms with Gasteiger partial charge in [0, 0.05) is 42.6 Å². The Morgan fingerprint density at radius 3 is 2.81 bits per heavy atom. The summed E-state index contributed by atoms with van der Waals surface area (Å²) in [6, 6.07) is 4.58. The Morgan fingerprint density at radius 2 is 2.04 bits per heavy atom. The summed E-state index contributed by atoms with van der Waals surface area (Å²) in [7, 11) is 0. The van der Waals surface area contributed by atoms with Crippen molar-refractivity contribution in [2.45, 2.75) is 24.9 Å². The summed E-state index contributed by atoms with van der Waals surface area (Å²) in [6.45, 7) is 1.24. The van der Waals surface area contributed by atoms with Crippen LogP contribution in [-0.4, -0.2) is 53.4 Å². The van der Waals surface area contributed by atoms with Gasteiger partial charge in [0.15, 0.2) is 0 Å². The van der Waals surface area contributed by atoms with Crippen LogP contribution in [0.3, 0.4) is 0 Å². The van der Waals surface area contributed by atoms with Crippen LogP contribution in [-0.2, 0) is 4.79 Å². The van der Waals surface area contributed by atoms with Gasteiger partial charge in [0.25, 0.3) is 5.91 Å². The van der Waals surface area contributed by atoms with Gasteiger partial charge < -0.3 is 20.5 Å². The van der Waals surface area contributed by atoms with Crippen molar-refractivity contribution < 1.29 is 14.0 Å².